The number of aromatic nitrogens is 3. The zero-order chi connectivity index (χ0) is 23.8. The van der Waals surface area contributed by atoms with E-state index in [1.54, 1.807) is 31.4 Å². The van der Waals surface area contributed by atoms with Gasteiger partial charge in [0.15, 0.2) is 5.16 Å². The van der Waals surface area contributed by atoms with Crippen molar-refractivity contribution in [3.05, 3.63) is 59.9 Å². The number of carbonyl (C=O) groups is 2. The zero-order valence-corrected chi connectivity index (χ0v) is 20.1. The number of benzene rings is 2. The Morgan fingerprint density at radius 2 is 1.58 bits per heavy atom. The summed E-state index contributed by atoms with van der Waals surface area (Å²) in [5.41, 5.74) is 2.66. The molecule has 0 radical (unpaired) electrons. The first-order valence-electron chi connectivity index (χ1n) is 10.8. The van der Waals surface area contributed by atoms with E-state index < -0.39 is 0 Å². The van der Waals surface area contributed by atoms with Crippen molar-refractivity contribution in [3.63, 3.8) is 0 Å². The van der Waals surface area contributed by atoms with Crippen molar-refractivity contribution >= 4 is 35.0 Å². The van der Waals surface area contributed by atoms with Crippen LogP contribution in [0.1, 0.15) is 38.1 Å². The number of hydrogen-bond donors (Lipinski definition) is 2. The summed E-state index contributed by atoms with van der Waals surface area (Å²) in [5.74, 6) is 1.59. The molecule has 0 atom stereocenters. The average molecular weight is 468 g/mol. The van der Waals surface area contributed by atoms with Crippen LogP contribution in [0.15, 0.2) is 53.7 Å². The van der Waals surface area contributed by atoms with Gasteiger partial charge in [-0.05, 0) is 54.8 Å². The Kier molecular flexibility index (Phi) is 8.48. The Morgan fingerprint density at radius 1 is 0.970 bits per heavy atom. The quantitative estimate of drug-likeness (QED) is 0.431. The van der Waals surface area contributed by atoms with Crippen molar-refractivity contribution in [2.24, 2.45) is 0 Å². The molecule has 9 heteroatoms. The molecule has 0 fully saturated rings. The van der Waals surface area contributed by atoms with Crippen molar-refractivity contribution in [2.75, 3.05) is 23.5 Å². The molecular formula is C24H29N5O3S. The lowest BCUT2D eigenvalue weighted by molar-refractivity contribution is -0.116. The van der Waals surface area contributed by atoms with Crippen LogP contribution in [0.2, 0.25) is 0 Å². The SMILES string of the molecule is CCn1c(CC(=O)Nc2ccc(OC)cc2)nnc1SCC(=O)Nc1ccc(C(C)C)cc1. The number of hydrogen-bond acceptors (Lipinski definition) is 6. The summed E-state index contributed by atoms with van der Waals surface area (Å²) in [4.78, 5) is 24.8. The summed E-state index contributed by atoms with van der Waals surface area (Å²) in [5, 5.41) is 14.7. The predicted molar refractivity (Wildman–Crippen MR) is 131 cm³/mol. The van der Waals surface area contributed by atoms with E-state index in [9.17, 15) is 9.59 Å². The fraction of sp³-hybridized carbons (Fsp3) is 0.333. The summed E-state index contributed by atoms with van der Waals surface area (Å²) in [6, 6.07) is 15.0. The molecule has 0 aliphatic carbocycles. The van der Waals surface area contributed by atoms with Gasteiger partial charge < -0.3 is 19.9 Å². The predicted octanol–water partition coefficient (Wildman–Crippen LogP) is 4.34. The molecule has 0 aliphatic rings. The van der Waals surface area contributed by atoms with Crippen LogP contribution in [-0.2, 0) is 22.6 Å². The smallest absolute Gasteiger partial charge is 0.234 e. The maximum absolute atomic E-state index is 12.5. The molecule has 2 N–H and O–H groups in total. The second-order valence-corrected chi connectivity index (χ2v) is 8.65. The first-order valence-corrected chi connectivity index (χ1v) is 11.8. The number of ether oxygens (including phenoxy) is 1. The summed E-state index contributed by atoms with van der Waals surface area (Å²) < 4.78 is 6.97. The van der Waals surface area contributed by atoms with Crippen LogP contribution in [0, 0.1) is 0 Å². The Balaban J connectivity index is 1.54. The molecule has 0 saturated carbocycles. The second kappa shape index (κ2) is 11.5. The lowest BCUT2D eigenvalue weighted by atomic mass is 10.0. The highest BCUT2D eigenvalue weighted by atomic mass is 32.2. The maximum atomic E-state index is 12.5. The molecular weight excluding hydrogens is 438 g/mol. The number of anilines is 2. The van der Waals surface area contributed by atoms with Crippen LogP contribution < -0.4 is 15.4 Å². The van der Waals surface area contributed by atoms with E-state index in [0.717, 1.165) is 11.4 Å². The van der Waals surface area contributed by atoms with Crippen LogP contribution >= 0.6 is 11.8 Å². The van der Waals surface area contributed by atoms with Gasteiger partial charge in [-0.1, -0.05) is 37.7 Å². The van der Waals surface area contributed by atoms with E-state index in [4.69, 9.17) is 4.74 Å². The first-order chi connectivity index (χ1) is 15.9. The van der Waals surface area contributed by atoms with Crippen LogP contribution in [0.25, 0.3) is 0 Å². The summed E-state index contributed by atoms with van der Waals surface area (Å²) >= 11 is 1.29. The Bertz CT molecular complexity index is 1080. The molecule has 8 nitrogen and oxygen atoms in total. The largest absolute Gasteiger partial charge is 0.497 e. The molecule has 0 unspecified atom stereocenters. The highest BCUT2D eigenvalue weighted by Crippen LogP contribution is 2.20. The van der Waals surface area contributed by atoms with Crippen LogP contribution in [0.3, 0.4) is 0 Å². The molecule has 174 valence electrons. The van der Waals surface area contributed by atoms with Gasteiger partial charge in [-0.2, -0.15) is 0 Å². The van der Waals surface area contributed by atoms with Crippen molar-refractivity contribution in [3.8, 4) is 5.75 Å². The Hall–Kier alpha value is -3.33. The van der Waals surface area contributed by atoms with Gasteiger partial charge in [-0.25, -0.2) is 0 Å². The first kappa shape index (κ1) is 24.3. The molecule has 0 bridgehead atoms. The van der Waals surface area contributed by atoms with Crippen LogP contribution in [0.5, 0.6) is 5.75 Å². The average Bonchev–Trinajstić information content (AvgIpc) is 3.19. The molecule has 0 saturated heterocycles. The second-order valence-electron chi connectivity index (χ2n) is 7.71. The molecule has 0 spiro atoms. The van der Waals surface area contributed by atoms with Gasteiger partial charge in [0.05, 0.1) is 19.3 Å². The van der Waals surface area contributed by atoms with Crippen LogP contribution in [0.4, 0.5) is 11.4 Å². The van der Waals surface area contributed by atoms with Gasteiger partial charge in [0, 0.05) is 17.9 Å². The molecule has 3 rings (SSSR count). The number of thioether (sulfide) groups is 1. The number of nitrogens with one attached hydrogen (secondary N) is 2. The topological polar surface area (TPSA) is 98.1 Å². The van der Waals surface area contributed by atoms with E-state index in [1.807, 2.05) is 35.8 Å². The summed E-state index contributed by atoms with van der Waals surface area (Å²) in [7, 11) is 1.59. The Morgan fingerprint density at radius 3 is 2.15 bits per heavy atom. The lowest BCUT2D eigenvalue weighted by Crippen LogP contribution is -2.18. The van der Waals surface area contributed by atoms with Gasteiger partial charge in [-0.15, -0.1) is 10.2 Å². The van der Waals surface area contributed by atoms with Crippen molar-refractivity contribution in [1.82, 2.24) is 14.8 Å². The zero-order valence-electron chi connectivity index (χ0n) is 19.3. The van der Waals surface area contributed by atoms with E-state index >= 15 is 0 Å². The normalized spacial score (nSPS) is 10.8. The highest BCUT2D eigenvalue weighted by molar-refractivity contribution is 7.99. The molecule has 3 aromatic rings. The monoisotopic (exact) mass is 467 g/mol. The van der Waals surface area contributed by atoms with E-state index in [1.165, 1.54) is 17.3 Å². The van der Waals surface area contributed by atoms with Crippen molar-refractivity contribution < 1.29 is 14.3 Å². The third-order valence-electron chi connectivity index (χ3n) is 5.00. The Labute approximate surface area is 198 Å². The minimum atomic E-state index is -0.193. The lowest BCUT2D eigenvalue weighted by Gasteiger charge is -2.09. The fourth-order valence-corrected chi connectivity index (χ4v) is 4.00. The molecule has 33 heavy (non-hydrogen) atoms. The van der Waals surface area contributed by atoms with E-state index in [0.29, 0.717) is 29.1 Å². The minimum absolute atomic E-state index is 0.0851. The van der Waals surface area contributed by atoms with Gasteiger partial charge in [0.1, 0.15) is 11.6 Å². The standard InChI is InChI=1S/C24H29N5O3S/c1-5-29-21(14-22(30)25-19-10-12-20(32-4)13-11-19)27-28-24(29)33-15-23(31)26-18-8-6-17(7-9-18)16(2)3/h6-13,16H,5,14-15H2,1-4H3,(H,25,30)(H,26,31). The molecule has 1 heterocycles. The number of carbonyl (C=O) groups excluding carboxylic acids is 2. The third-order valence-corrected chi connectivity index (χ3v) is 5.96. The molecule has 2 amide bonds. The minimum Gasteiger partial charge on any atom is -0.497 e. The van der Waals surface area contributed by atoms with E-state index in [2.05, 4.69) is 34.7 Å². The maximum Gasteiger partial charge on any atom is 0.234 e. The molecule has 2 aromatic carbocycles. The fourth-order valence-electron chi connectivity index (χ4n) is 3.18. The van der Waals surface area contributed by atoms with Gasteiger partial charge in [-0.3, -0.25) is 9.59 Å². The van der Waals surface area contributed by atoms with Crippen molar-refractivity contribution in [1.29, 1.82) is 0 Å². The van der Waals surface area contributed by atoms with Gasteiger partial charge in [0.2, 0.25) is 11.8 Å². The summed E-state index contributed by atoms with van der Waals surface area (Å²) in [6.45, 7) is 6.81. The molecule has 1 aromatic heterocycles. The highest BCUT2D eigenvalue weighted by Gasteiger charge is 2.16. The van der Waals surface area contributed by atoms with E-state index in [-0.39, 0.29) is 24.0 Å². The van der Waals surface area contributed by atoms with Gasteiger partial charge >= 0.3 is 0 Å². The van der Waals surface area contributed by atoms with Gasteiger partial charge in [0.25, 0.3) is 0 Å². The van der Waals surface area contributed by atoms with Crippen molar-refractivity contribution in [2.45, 2.75) is 44.8 Å². The molecule has 0 aliphatic heterocycles. The number of methoxy groups -OCH3 is 1. The van der Waals surface area contributed by atoms with Crippen LogP contribution in [-0.4, -0.2) is 39.4 Å². The third kappa shape index (κ3) is 6.82. The summed E-state index contributed by atoms with van der Waals surface area (Å²) in [6.07, 6.45) is 0.0851. The number of rotatable bonds is 10. The number of amides is 2. The number of nitrogens with zero attached hydrogens (tertiary/aromatic N) is 3.